The zero-order chi connectivity index (χ0) is 28.4. The molecule has 1 aromatic heterocycles. The maximum atomic E-state index is 13.6. The van der Waals surface area contributed by atoms with Gasteiger partial charge >= 0.3 is 6.03 Å². The third-order valence-electron chi connectivity index (χ3n) is 7.31. The summed E-state index contributed by atoms with van der Waals surface area (Å²) in [4.78, 5) is 31.6. The summed E-state index contributed by atoms with van der Waals surface area (Å²) in [6, 6.07) is 30.5. The highest BCUT2D eigenvalue weighted by atomic mass is 35.5. The van der Waals surface area contributed by atoms with E-state index >= 15 is 0 Å². The van der Waals surface area contributed by atoms with Gasteiger partial charge in [-0.15, -0.1) is 0 Å². The molecule has 0 unspecified atom stereocenters. The molecule has 1 fully saturated rings. The lowest BCUT2D eigenvalue weighted by molar-refractivity contribution is -0.122. The average Bonchev–Trinajstić information content (AvgIpc) is 3.38. The molecule has 5 rings (SSSR count). The Morgan fingerprint density at radius 2 is 1.61 bits per heavy atom. The molecule has 0 radical (unpaired) electrons. The van der Waals surface area contributed by atoms with Gasteiger partial charge in [0.25, 0.3) is 0 Å². The first-order valence-electron chi connectivity index (χ1n) is 13.9. The van der Waals surface area contributed by atoms with E-state index in [-0.39, 0.29) is 23.9 Å². The van der Waals surface area contributed by atoms with E-state index in [4.69, 9.17) is 11.6 Å². The molecule has 2 heterocycles. The van der Waals surface area contributed by atoms with Gasteiger partial charge in [0, 0.05) is 50.1 Å². The highest BCUT2D eigenvalue weighted by Gasteiger charge is 2.22. The van der Waals surface area contributed by atoms with Crippen LogP contribution in [-0.2, 0) is 4.79 Å². The highest BCUT2D eigenvalue weighted by molar-refractivity contribution is 7.20. The lowest BCUT2D eigenvalue weighted by atomic mass is 9.88. The largest absolute Gasteiger partial charge is 0.355 e. The molecule has 1 saturated heterocycles. The van der Waals surface area contributed by atoms with Crippen LogP contribution in [0.4, 0.5) is 9.93 Å². The van der Waals surface area contributed by atoms with Crippen molar-refractivity contribution in [2.24, 2.45) is 0 Å². The van der Waals surface area contributed by atoms with Gasteiger partial charge in [-0.05, 0) is 24.0 Å². The molecule has 1 atom stereocenters. The van der Waals surface area contributed by atoms with Gasteiger partial charge in [0.1, 0.15) is 10.0 Å². The normalized spacial score (nSPS) is 15.0. The number of rotatable bonds is 11. The fraction of sp³-hybridized carbons (Fsp3) is 0.281. The smallest absolute Gasteiger partial charge is 0.323 e. The molecule has 0 saturated carbocycles. The number of aromatic nitrogens is 1. The maximum absolute atomic E-state index is 13.6. The van der Waals surface area contributed by atoms with Crippen LogP contribution in [0.5, 0.6) is 0 Å². The van der Waals surface area contributed by atoms with Crippen molar-refractivity contribution >= 4 is 40.0 Å². The van der Waals surface area contributed by atoms with Crippen LogP contribution in [-0.4, -0.2) is 54.0 Å². The first kappa shape index (κ1) is 28.8. The number of piperidine rings is 1. The molecule has 7 nitrogen and oxygen atoms in total. The number of halogens is 1. The minimum absolute atomic E-state index is 0.0916. The molecule has 3 amide bonds. The molecule has 3 aromatic carbocycles. The van der Waals surface area contributed by atoms with Gasteiger partial charge in [-0.2, -0.15) is 0 Å². The maximum Gasteiger partial charge on any atom is 0.323 e. The summed E-state index contributed by atoms with van der Waals surface area (Å²) in [6.45, 7) is 2.28. The second-order valence-corrected chi connectivity index (χ2v) is 11.7. The third kappa shape index (κ3) is 7.94. The molecular weight excluding hydrogens is 554 g/mol. The summed E-state index contributed by atoms with van der Waals surface area (Å²) in [5.74, 6) is 0.238. The first-order chi connectivity index (χ1) is 20.1. The summed E-state index contributed by atoms with van der Waals surface area (Å²) in [7, 11) is 0. The van der Waals surface area contributed by atoms with Crippen molar-refractivity contribution in [2.75, 3.05) is 31.5 Å². The SMILES string of the molecule is O=C1CC[C@H](NCCN(CCC(c2ccccc2)c2ccccc2)C(=O)Nc2nc(-c3ccccc3)c(Cl)s2)CN1. The number of benzene rings is 3. The van der Waals surface area contributed by atoms with E-state index in [0.717, 1.165) is 18.4 Å². The molecule has 9 heteroatoms. The zero-order valence-corrected chi connectivity index (χ0v) is 24.3. The van der Waals surface area contributed by atoms with Crippen molar-refractivity contribution in [1.82, 2.24) is 20.5 Å². The van der Waals surface area contributed by atoms with Crippen molar-refractivity contribution in [3.05, 3.63) is 106 Å². The molecule has 1 aliphatic rings. The summed E-state index contributed by atoms with van der Waals surface area (Å²) >= 11 is 7.77. The van der Waals surface area contributed by atoms with E-state index in [1.54, 1.807) is 0 Å². The number of hydrogen-bond acceptors (Lipinski definition) is 5. The lowest BCUT2D eigenvalue weighted by Gasteiger charge is -2.28. The van der Waals surface area contributed by atoms with E-state index < -0.39 is 0 Å². The van der Waals surface area contributed by atoms with E-state index in [9.17, 15) is 9.59 Å². The molecule has 0 spiro atoms. The number of thiazole rings is 1. The van der Waals surface area contributed by atoms with Gasteiger partial charge in [0.2, 0.25) is 5.91 Å². The number of urea groups is 1. The van der Waals surface area contributed by atoms with E-state index in [2.05, 4.69) is 69.5 Å². The molecule has 41 heavy (non-hydrogen) atoms. The second-order valence-electron chi connectivity index (χ2n) is 10.1. The molecular formula is C32H34ClN5O2S. The van der Waals surface area contributed by atoms with Gasteiger partial charge in [-0.1, -0.05) is 114 Å². The Balaban J connectivity index is 1.30. The molecule has 3 N–H and O–H groups in total. The fourth-order valence-electron chi connectivity index (χ4n) is 5.11. The highest BCUT2D eigenvalue weighted by Crippen LogP contribution is 2.35. The molecule has 0 bridgehead atoms. The molecule has 1 aliphatic heterocycles. The number of amides is 3. The average molecular weight is 588 g/mol. The second kappa shape index (κ2) is 14.3. The molecule has 4 aromatic rings. The zero-order valence-electron chi connectivity index (χ0n) is 22.8. The summed E-state index contributed by atoms with van der Waals surface area (Å²) < 4.78 is 0.535. The Morgan fingerprint density at radius 1 is 0.976 bits per heavy atom. The Kier molecular flexibility index (Phi) is 10.0. The van der Waals surface area contributed by atoms with Crippen LogP contribution in [0.15, 0.2) is 91.0 Å². The predicted molar refractivity (Wildman–Crippen MR) is 167 cm³/mol. The van der Waals surface area contributed by atoms with E-state index in [1.165, 1.54) is 22.5 Å². The topological polar surface area (TPSA) is 86.4 Å². The third-order valence-corrected chi connectivity index (χ3v) is 8.48. The Hall–Kier alpha value is -3.72. The van der Waals surface area contributed by atoms with Gasteiger partial charge in [-0.3, -0.25) is 10.1 Å². The number of carbonyl (C=O) groups excluding carboxylic acids is 2. The molecule has 0 aliphatic carbocycles. The van der Waals surface area contributed by atoms with Crippen molar-refractivity contribution < 1.29 is 9.59 Å². The standard InChI is InChI=1S/C32H34ClN5O2S/c33-30-29(25-14-8-3-9-15-25)36-31(41-30)37-32(40)38(21-19-34-26-16-17-28(39)35-22-26)20-18-27(23-10-4-1-5-11-23)24-12-6-2-7-13-24/h1-15,26-27,34H,16-22H2,(H,35,39)(H,36,37,40)/t26-/m0/s1. The van der Waals surface area contributed by atoms with Gasteiger partial charge in [0.05, 0.1) is 0 Å². The Labute approximate surface area is 250 Å². The Bertz CT molecular complexity index is 1370. The van der Waals surface area contributed by atoms with E-state index in [1.807, 2.05) is 47.4 Å². The van der Waals surface area contributed by atoms with Crippen molar-refractivity contribution in [3.63, 3.8) is 0 Å². The van der Waals surface area contributed by atoms with Crippen LogP contribution in [0.1, 0.15) is 36.3 Å². The summed E-state index contributed by atoms with van der Waals surface area (Å²) in [6.07, 6.45) is 2.07. The quantitative estimate of drug-likeness (QED) is 0.190. The lowest BCUT2D eigenvalue weighted by Crippen LogP contribution is -2.48. The number of nitrogens with zero attached hydrogens (tertiary/aromatic N) is 2. The number of carbonyl (C=O) groups is 2. The van der Waals surface area contributed by atoms with Gasteiger partial charge < -0.3 is 15.5 Å². The minimum atomic E-state index is -0.214. The van der Waals surface area contributed by atoms with Crippen LogP contribution < -0.4 is 16.0 Å². The number of anilines is 1. The van der Waals surface area contributed by atoms with Gasteiger partial charge in [0.15, 0.2) is 5.13 Å². The van der Waals surface area contributed by atoms with Crippen molar-refractivity contribution in [2.45, 2.75) is 31.2 Å². The summed E-state index contributed by atoms with van der Waals surface area (Å²) in [5, 5.41) is 9.88. The Morgan fingerprint density at radius 3 is 2.22 bits per heavy atom. The fourth-order valence-corrected chi connectivity index (χ4v) is 6.18. The van der Waals surface area contributed by atoms with Crippen LogP contribution in [0, 0.1) is 0 Å². The molecule has 212 valence electrons. The number of hydrogen-bond donors (Lipinski definition) is 3. The minimum Gasteiger partial charge on any atom is -0.355 e. The monoisotopic (exact) mass is 587 g/mol. The van der Waals surface area contributed by atoms with E-state index in [0.29, 0.717) is 47.8 Å². The van der Waals surface area contributed by atoms with Crippen molar-refractivity contribution in [3.8, 4) is 11.3 Å². The van der Waals surface area contributed by atoms with Crippen LogP contribution in [0.3, 0.4) is 0 Å². The van der Waals surface area contributed by atoms with Crippen molar-refractivity contribution in [1.29, 1.82) is 0 Å². The van der Waals surface area contributed by atoms with Crippen LogP contribution in [0.25, 0.3) is 11.3 Å². The number of nitrogens with one attached hydrogen (secondary N) is 3. The predicted octanol–water partition coefficient (Wildman–Crippen LogP) is 6.39. The van der Waals surface area contributed by atoms with Crippen LogP contribution >= 0.6 is 22.9 Å². The first-order valence-corrected chi connectivity index (χ1v) is 15.1. The van der Waals surface area contributed by atoms with Crippen LogP contribution in [0.2, 0.25) is 4.34 Å². The van der Waals surface area contributed by atoms with Gasteiger partial charge in [-0.25, -0.2) is 9.78 Å². The summed E-state index contributed by atoms with van der Waals surface area (Å²) in [5.41, 5.74) is 4.00.